The Hall–Kier alpha value is -3.84. The van der Waals surface area contributed by atoms with E-state index in [-0.39, 0.29) is 25.1 Å². The van der Waals surface area contributed by atoms with Crippen molar-refractivity contribution in [2.24, 2.45) is 0 Å². The molecule has 0 saturated heterocycles. The summed E-state index contributed by atoms with van der Waals surface area (Å²) >= 11 is 0. The molecule has 1 amide bonds. The summed E-state index contributed by atoms with van der Waals surface area (Å²) in [6.07, 6.45) is 0. The summed E-state index contributed by atoms with van der Waals surface area (Å²) in [7, 11) is 3.27. The van der Waals surface area contributed by atoms with E-state index in [0.717, 1.165) is 22.5 Å². The van der Waals surface area contributed by atoms with Crippen LogP contribution in [-0.4, -0.2) is 42.3 Å². The minimum Gasteiger partial charge on any atom is -0.497 e. The maximum atomic E-state index is 13.6. The van der Waals surface area contributed by atoms with Gasteiger partial charge in [-0.2, -0.15) is 0 Å². The van der Waals surface area contributed by atoms with Gasteiger partial charge in [-0.25, -0.2) is 4.98 Å². The number of hydrogen-bond acceptors (Lipinski definition) is 5. The molecule has 0 N–H and O–H groups in total. The van der Waals surface area contributed by atoms with E-state index in [2.05, 4.69) is 0 Å². The number of anilines is 1. The Balaban J connectivity index is 1.62. The van der Waals surface area contributed by atoms with Crippen molar-refractivity contribution in [3.8, 4) is 11.5 Å². The van der Waals surface area contributed by atoms with Crippen LogP contribution in [0.2, 0.25) is 0 Å². The number of aromatic nitrogens is 2. The number of amides is 1. The first kappa shape index (κ1) is 23.3. The van der Waals surface area contributed by atoms with Crippen LogP contribution in [0.5, 0.6) is 11.5 Å². The fraction of sp³-hybridized carbons (Fsp3) is 0.259. The van der Waals surface area contributed by atoms with Crippen LogP contribution in [0.4, 0.5) is 5.69 Å². The van der Waals surface area contributed by atoms with Crippen LogP contribution in [0.25, 0.3) is 11.0 Å². The van der Waals surface area contributed by atoms with Gasteiger partial charge in [0.25, 0.3) is 0 Å². The van der Waals surface area contributed by atoms with Gasteiger partial charge in [-0.05, 0) is 55.5 Å². The number of hydrogen-bond donors (Lipinski definition) is 0. The second-order valence-corrected chi connectivity index (χ2v) is 7.97. The molecule has 0 aliphatic heterocycles. The van der Waals surface area contributed by atoms with Crippen molar-refractivity contribution < 1.29 is 19.0 Å². The molecule has 1 unspecified atom stereocenters. The lowest BCUT2D eigenvalue weighted by atomic mass is 10.2. The Bertz CT molecular complexity index is 1220. The molecule has 0 radical (unpaired) electrons. The molecule has 0 spiro atoms. The predicted molar refractivity (Wildman–Crippen MR) is 132 cm³/mol. The molecule has 176 valence electrons. The standard InChI is InChI=1S/C27H29N3O4/c1-20(18-32-2)30(21-9-5-4-6-10-21)27(31)17-29-25-12-8-7-11-24(25)28-26(29)19-34-23-15-13-22(33-3)14-16-23/h4-16,20H,17-19H2,1-3H3. The van der Waals surface area contributed by atoms with Crippen molar-refractivity contribution in [3.05, 3.63) is 84.7 Å². The van der Waals surface area contributed by atoms with Gasteiger partial charge in [-0.1, -0.05) is 30.3 Å². The molecular weight excluding hydrogens is 430 g/mol. The van der Waals surface area contributed by atoms with Gasteiger partial charge in [-0.15, -0.1) is 0 Å². The summed E-state index contributed by atoms with van der Waals surface area (Å²) in [5.41, 5.74) is 2.54. The van der Waals surface area contributed by atoms with Crippen LogP contribution in [-0.2, 0) is 22.7 Å². The summed E-state index contributed by atoms with van der Waals surface area (Å²) in [5, 5.41) is 0. The van der Waals surface area contributed by atoms with Gasteiger partial charge in [0.2, 0.25) is 5.91 Å². The van der Waals surface area contributed by atoms with Crippen molar-refractivity contribution >= 4 is 22.6 Å². The van der Waals surface area contributed by atoms with Gasteiger partial charge in [0.05, 0.1) is 30.8 Å². The molecule has 4 aromatic rings. The largest absolute Gasteiger partial charge is 0.497 e. The highest BCUT2D eigenvalue weighted by Crippen LogP contribution is 2.23. The minimum atomic E-state index is -0.131. The minimum absolute atomic E-state index is 0.0513. The molecule has 4 rings (SSSR count). The van der Waals surface area contributed by atoms with Crippen molar-refractivity contribution in [1.29, 1.82) is 0 Å². The first-order chi connectivity index (χ1) is 16.6. The molecule has 7 heteroatoms. The molecule has 1 atom stereocenters. The van der Waals surface area contributed by atoms with Gasteiger partial charge >= 0.3 is 0 Å². The fourth-order valence-corrected chi connectivity index (χ4v) is 3.99. The maximum Gasteiger partial charge on any atom is 0.247 e. The van der Waals surface area contributed by atoms with E-state index in [1.54, 1.807) is 19.1 Å². The number of carbonyl (C=O) groups is 1. The molecule has 34 heavy (non-hydrogen) atoms. The van der Waals surface area contributed by atoms with Gasteiger partial charge in [0.15, 0.2) is 0 Å². The van der Waals surface area contributed by atoms with Gasteiger partial charge < -0.3 is 23.7 Å². The Morgan fingerprint density at radius 2 is 1.62 bits per heavy atom. The number of rotatable bonds is 10. The number of para-hydroxylation sites is 3. The zero-order valence-electron chi connectivity index (χ0n) is 19.7. The van der Waals surface area contributed by atoms with E-state index in [0.29, 0.717) is 18.2 Å². The topological polar surface area (TPSA) is 65.8 Å². The van der Waals surface area contributed by atoms with E-state index >= 15 is 0 Å². The SMILES string of the molecule is COCC(C)N(C(=O)Cn1c(COc2ccc(OC)cc2)nc2ccccc21)c1ccccc1. The summed E-state index contributed by atoms with van der Waals surface area (Å²) in [6, 6.07) is 24.7. The fourth-order valence-electron chi connectivity index (χ4n) is 3.99. The van der Waals surface area contributed by atoms with Crippen LogP contribution in [0.1, 0.15) is 12.7 Å². The molecule has 0 bridgehead atoms. The monoisotopic (exact) mass is 459 g/mol. The van der Waals surface area contributed by atoms with E-state index < -0.39 is 0 Å². The summed E-state index contributed by atoms with van der Waals surface area (Å²) in [5.74, 6) is 2.09. The third kappa shape index (κ3) is 5.21. The number of benzene rings is 3. The normalized spacial score (nSPS) is 11.9. The van der Waals surface area contributed by atoms with Gasteiger partial charge in [0, 0.05) is 12.8 Å². The van der Waals surface area contributed by atoms with Crippen LogP contribution in [0, 0.1) is 0 Å². The van der Waals surface area contributed by atoms with Crippen molar-refractivity contribution in [1.82, 2.24) is 9.55 Å². The average Bonchev–Trinajstić information content (AvgIpc) is 3.21. The Labute approximate surface area is 199 Å². The third-order valence-corrected chi connectivity index (χ3v) is 5.61. The number of ether oxygens (including phenoxy) is 3. The van der Waals surface area contributed by atoms with Crippen LogP contribution in [0.3, 0.4) is 0 Å². The van der Waals surface area contributed by atoms with Crippen molar-refractivity contribution in [2.75, 3.05) is 25.7 Å². The van der Waals surface area contributed by atoms with Gasteiger partial charge in [-0.3, -0.25) is 4.79 Å². The van der Waals surface area contributed by atoms with Crippen molar-refractivity contribution in [2.45, 2.75) is 26.1 Å². The number of imidazole rings is 1. The molecule has 7 nitrogen and oxygen atoms in total. The highest BCUT2D eigenvalue weighted by molar-refractivity contribution is 5.94. The van der Waals surface area contributed by atoms with Crippen LogP contribution >= 0.6 is 0 Å². The number of carbonyl (C=O) groups excluding carboxylic acids is 1. The second kappa shape index (κ2) is 10.9. The summed E-state index contributed by atoms with van der Waals surface area (Å²) in [4.78, 5) is 20.2. The molecule has 0 aliphatic rings. The molecule has 0 saturated carbocycles. The highest BCUT2D eigenvalue weighted by Gasteiger charge is 2.24. The smallest absolute Gasteiger partial charge is 0.247 e. The number of methoxy groups -OCH3 is 2. The Kier molecular flexibility index (Phi) is 7.44. The zero-order chi connectivity index (χ0) is 23.9. The number of fused-ring (bicyclic) bond motifs is 1. The molecule has 1 aromatic heterocycles. The molecular formula is C27H29N3O4. The highest BCUT2D eigenvalue weighted by atomic mass is 16.5. The predicted octanol–water partition coefficient (Wildman–Crippen LogP) is 4.69. The quantitative estimate of drug-likeness (QED) is 0.344. The average molecular weight is 460 g/mol. The molecule has 3 aromatic carbocycles. The molecule has 1 heterocycles. The first-order valence-electron chi connectivity index (χ1n) is 11.2. The van der Waals surface area contributed by atoms with Crippen LogP contribution < -0.4 is 14.4 Å². The van der Waals surface area contributed by atoms with E-state index in [4.69, 9.17) is 19.2 Å². The maximum absolute atomic E-state index is 13.6. The lowest BCUT2D eigenvalue weighted by molar-refractivity contribution is -0.119. The van der Waals surface area contributed by atoms with E-state index in [1.807, 2.05) is 90.4 Å². The van der Waals surface area contributed by atoms with Crippen molar-refractivity contribution in [3.63, 3.8) is 0 Å². The third-order valence-electron chi connectivity index (χ3n) is 5.61. The lowest BCUT2D eigenvalue weighted by Crippen LogP contribution is -2.43. The Morgan fingerprint density at radius 3 is 2.32 bits per heavy atom. The first-order valence-corrected chi connectivity index (χ1v) is 11.2. The Morgan fingerprint density at radius 1 is 0.941 bits per heavy atom. The van der Waals surface area contributed by atoms with E-state index in [9.17, 15) is 4.79 Å². The second-order valence-electron chi connectivity index (χ2n) is 7.97. The summed E-state index contributed by atoms with van der Waals surface area (Å²) < 4.78 is 18.5. The zero-order valence-corrected chi connectivity index (χ0v) is 19.7. The summed E-state index contributed by atoms with van der Waals surface area (Å²) in [6.45, 7) is 2.77. The van der Waals surface area contributed by atoms with Gasteiger partial charge in [0.1, 0.15) is 30.5 Å². The number of nitrogens with zero attached hydrogens (tertiary/aromatic N) is 3. The van der Waals surface area contributed by atoms with E-state index in [1.165, 1.54) is 0 Å². The lowest BCUT2D eigenvalue weighted by Gasteiger charge is -2.29. The molecule has 0 aliphatic carbocycles. The van der Waals surface area contributed by atoms with Crippen LogP contribution in [0.15, 0.2) is 78.9 Å². The molecule has 0 fully saturated rings.